The second-order valence-corrected chi connectivity index (χ2v) is 6.39. The first kappa shape index (κ1) is 19.9. The molecule has 0 saturated carbocycles. The number of anilines is 1. The number of hydrogen-bond acceptors (Lipinski definition) is 10. The lowest BCUT2D eigenvalue weighted by Crippen LogP contribution is -2.33. The SMILES string of the molecule is CN1N=C(N)c2cn([C@@H]3O[C@H](CO)[C@@H](O)[C@H]3O)c3ncnc1c23.CNC(C)=O. The Hall–Kier alpha value is -2.80. The number of nitrogens with two attached hydrogens (primary N) is 1. The molecule has 28 heavy (non-hydrogen) atoms. The van der Waals surface area contributed by atoms with Crippen molar-refractivity contribution in [1.29, 1.82) is 0 Å². The molecule has 2 aromatic heterocycles. The van der Waals surface area contributed by atoms with Gasteiger partial charge >= 0.3 is 0 Å². The minimum absolute atomic E-state index is 0.00463. The number of carbonyl (C=O) groups excluding carboxylic acids is 1. The molecular formula is C16H23N7O5. The Morgan fingerprint density at radius 1 is 1.36 bits per heavy atom. The summed E-state index contributed by atoms with van der Waals surface area (Å²) in [7, 11) is 3.32. The standard InChI is InChI=1S/C13H16N6O4.C3H7NO/c1-18-11-7-5(10(14)17-18)2-19(12(7)16-4-15-11)13-9(22)8(21)6(3-20)23-13;1-3(5)4-2/h2,4,6,8-9,13,20-22H,3H2,1H3,(H2,14,17);1-2H3,(H,4,5)/t6-,8-,9-,13-;/m1./s1. The number of hydrazone groups is 1. The van der Waals surface area contributed by atoms with E-state index < -0.39 is 31.1 Å². The van der Waals surface area contributed by atoms with Gasteiger partial charge in [-0.15, -0.1) is 0 Å². The minimum atomic E-state index is -1.20. The van der Waals surface area contributed by atoms with Gasteiger partial charge in [-0.25, -0.2) is 15.0 Å². The first-order chi connectivity index (χ1) is 13.3. The van der Waals surface area contributed by atoms with Crippen LogP contribution < -0.4 is 16.1 Å². The summed E-state index contributed by atoms with van der Waals surface area (Å²) < 4.78 is 7.15. The Kier molecular flexibility index (Phi) is 5.47. The molecule has 1 saturated heterocycles. The number of aromatic nitrogens is 3. The van der Waals surface area contributed by atoms with Gasteiger partial charge in [0.15, 0.2) is 17.9 Å². The van der Waals surface area contributed by atoms with Crippen molar-refractivity contribution in [3.8, 4) is 0 Å². The fourth-order valence-electron chi connectivity index (χ4n) is 3.07. The van der Waals surface area contributed by atoms with Crippen LogP contribution in [0.25, 0.3) is 11.0 Å². The molecule has 0 aromatic carbocycles. The van der Waals surface area contributed by atoms with Gasteiger partial charge in [-0.2, -0.15) is 5.10 Å². The summed E-state index contributed by atoms with van der Waals surface area (Å²) in [6.45, 7) is 1.08. The molecular weight excluding hydrogens is 370 g/mol. The lowest BCUT2D eigenvalue weighted by molar-refractivity contribution is -0.118. The average molecular weight is 393 g/mol. The molecule has 2 aliphatic rings. The highest BCUT2D eigenvalue weighted by Crippen LogP contribution is 2.36. The number of carbonyl (C=O) groups is 1. The van der Waals surface area contributed by atoms with Crippen LogP contribution in [0.1, 0.15) is 18.7 Å². The van der Waals surface area contributed by atoms with Gasteiger partial charge < -0.3 is 35.7 Å². The van der Waals surface area contributed by atoms with Crippen molar-refractivity contribution in [2.75, 3.05) is 25.7 Å². The maximum absolute atomic E-state index is 10.2. The monoisotopic (exact) mass is 393 g/mol. The van der Waals surface area contributed by atoms with Crippen LogP contribution in [0.2, 0.25) is 0 Å². The summed E-state index contributed by atoms with van der Waals surface area (Å²) in [5.74, 6) is 0.889. The van der Waals surface area contributed by atoms with E-state index >= 15 is 0 Å². The molecule has 0 bridgehead atoms. The van der Waals surface area contributed by atoms with E-state index in [-0.39, 0.29) is 5.91 Å². The van der Waals surface area contributed by atoms with Gasteiger partial charge in [-0.3, -0.25) is 4.79 Å². The van der Waals surface area contributed by atoms with Gasteiger partial charge in [-0.1, -0.05) is 0 Å². The molecule has 4 heterocycles. The van der Waals surface area contributed by atoms with Crippen LogP contribution in [-0.4, -0.2) is 80.6 Å². The highest BCUT2D eigenvalue weighted by atomic mass is 16.6. The number of amides is 1. The normalized spacial score (nSPS) is 25.9. The molecule has 152 valence electrons. The molecule has 1 fully saturated rings. The molecule has 4 atom stereocenters. The number of nitrogens with one attached hydrogen (secondary N) is 1. The van der Waals surface area contributed by atoms with Crippen LogP contribution in [0.4, 0.5) is 5.82 Å². The van der Waals surface area contributed by atoms with E-state index in [1.807, 2.05) is 0 Å². The second-order valence-electron chi connectivity index (χ2n) is 6.39. The molecule has 12 heteroatoms. The Morgan fingerprint density at radius 2 is 2.04 bits per heavy atom. The average Bonchev–Trinajstić information content (AvgIpc) is 3.19. The Labute approximate surface area is 160 Å². The number of rotatable bonds is 2. The predicted octanol–water partition coefficient (Wildman–Crippen LogP) is -2.13. The zero-order valence-corrected chi connectivity index (χ0v) is 15.6. The quantitative estimate of drug-likeness (QED) is 0.382. The van der Waals surface area contributed by atoms with Crippen molar-refractivity contribution in [2.24, 2.45) is 10.8 Å². The first-order valence-corrected chi connectivity index (χ1v) is 8.54. The zero-order valence-electron chi connectivity index (χ0n) is 15.6. The summed E-state index contributed by atoms with van der Waals surface area (Å²) in [5, 5.41) is 38.2. The molecule has 4 rings (SSSR count). The van der Waals surface area contributed by atoms with E-state index in [9.17, 15) is 20.1 Å². The number of nitrogens with zero attached hydrogens (tertiary/aromatic N) is 5. The van der Waals surface area contributed by atoms with Crippen LogP contribution in [0.3, 0.4) is 0 Å². The van der Waals surface area contributed by atoms with Gasteiger partial charge in [0.1, 0.15) is 30.3 Å². The zero-order chi connectivity index (χ0) is 20.6. The number of hydrogen-bond donors (Lipinski definition) is 5. The van der Waals surface area contributed by atoms with Gasteiger partial charge in [0.05, 0.1) is 12.0 Å². The molecule has 0 aliphatic carbocycles. The molecule has 12 nitrogen and oxygen atoms in total. The highest BCUT2D eigenvalue weighted by molar-refractivity contribution is 6.13. The number of ether oxygens (including phenoxy) is 1. The van der Waals surface area contributed by atoms with E-state index in [4.69, 9.17) is 10.5 Å². The third-order valence-corrected chi connectivity index (χ3v) is 4.57. The van der Waals surface area contributed by atoms with Crippen molar-refractivity contribution < 1.29 is 24.9 Å². The van der Waals surface area contributed by atoms with Crippen LogP contribution >= 0.6 is 0 Å². The van der Waals surface area contributed by atoms with E-state index in [2.05, 4.69) is 20.4 Å². The van der Waals surface area contributed by atoms with E-state index in [1.165, 1.54) is 13.3 Å². The molecule has 0 radical (unpaired) electrons. The lowest BCUT2D eigenvalue weighted by Gasteiger charge is -2.19. The van der Waals surface area contributed by atoms with Gasteiger partial charge in [0, 0.05) is 32.8 Å². The van der Waals surface area contributed by atoms with Crippen LogP contribution in [0, 0.1) is 0 Å². The summed E-state index contributed by atoms with van der Waals surface area (Å²) in [5.41, 5.74) is 7.10. The highest BCUT2D eigenvalue weighted by Gasteiger charge is 2.44. The Bertz CT molecular complexity index is 914. The van der Waals surface area contributed by atoms with Gasteiger partial charge in [0.25, 0.3) is 0 Å². The Morgan fingerprint density at radius 3 is 2.61 bits per heavy atom. The molecule has 0 spiro atoms. The third-order valence-electron chi connectivity index (χ3n) is 4.57. The second kappa shape index (κ2) is 7.67. The van der Waals surface area contributed by atoms with E-state index in [0.717, 1.165) is 0 Å². The number of amidine groups is 1. The van der Waals surface area contributed by atoms with E-state index in [0.29, 0.717) is 28.3 Å². The third kappa shape index (κ3) is 3.26. The smallest absolute Gasteiger partial charge is 0.216 e. The van der Waals surface area contributed by atoms with Gasteiger partial charge in [0.2, 0.25) is 5.91 Å². The van der Waals surface area contributed by atoms with Crippen molar-refractivity contribution in [2.45, 2.75) is 31.5 Å². The first-order valence-electron chi connectivity index (χ1n) is 8.54. The fourth-order valence-corrected chi connectivity index (χ4v) is 3.07. The maximum Gasteiger partial charge on any atom is 0.216 e. The van der Waals surface area contributed by atoms with Crippen LogP contribution in [0.5, 0.6) is 0 Å². The van der Waals surface area contributed by atoms with Crippen LogP contribution in [0.15, 0.2) is 17.6 Å². The maximum atomic E-state index is 10.2. The molecule has 6 N–H and O–H groups in total. The van der Waals surface area contributed by atoms with Crippen molar-refractivity contribution in [3.05, 3.63) is 18.1 Å². The lowest BCUT2D eigenvalue weighted by atomic mass is 10.1. The van der Waals surface area contributed by atoms with Crippen molar-refractivity contribution in [1.82, 2.24) is 19.9 Å². The summed E-state index contributed by atoms with van der Waals surface area (Å²) in [4.78, 5) is 18.2. The molecule has 2 aromatic rings. The molecule has 0 unspecified atom stereocenters. The number of aliphatic hydroxyl groups excluding tert-OH is 3. The number of aliphatic hydroxyl groups is 3. The minimum Gasteiger partial charge on any atom is -0.394 e. The Balaban J connectivity index is 0.000000403. The van der Waals surface area contributed by atoms with Crippen molar-refractivity contribution in [3.63, 3.8) is 0 Å². The summed E-state index contributed by atoms with van der Waals surface area (Å²) in [6, 6.07) is 0. The fraction of sp³-hybridized carbons (Fsp3) is 0.500. The summed E-state index contributed by atoms with van der Waals surface area (Å²) in [6.07, 6.45) is -1.10. The van der Waals surface area contributed by atoms with Crippen LogP contribution in [-0.2, 0) is 9.53 Å². The largest absolute Gasteiger partial charge is 0.394 e. The molecule has 2 aliphatic heterocycles. The predicted molar refractivity (Wildman–Crippen MR) is 99.4 cm³/mol. The summed E-state index contributed by atoms with van der Waals surface area (Å²) >= 11 is 0. The van der Waals surface area contributed by atoms with Crippen molar-refractivity contribution >= 4 is 28.6 Å². The topological polar surface area (TPSA) is 171 Å². The molecule has 1 amide bonds. The van der Waals surface area contributed by atoms with E-state index in [1.54, 1.807) is 29.9 Å². The van der Waals surface area contributed by atoms with Gasteiger partial charge in [-0.05, 0) is 0 Å².